The fourth-order valence-electron chi connectivity index (χ4n) is 2.51. The second-order valence-electron chi connectivity index (χ2n) is 5.27. The minimum Gasteiger partial charge on any atom is -0.341 e. The van der Waals surface area contributed by atoms with E-state index in [0.29, 0.717) is 19.5 Å². The molecule has 21 heavy (non-hydrogen) atoms. The molecule has 1 aliphatic heterocycles. The third-order valence-electron chi connectivity index (χ3n) is 3.81. The average Bonchev–Trinajstić information content (AvgIpc) is 2.74. The highest BCUT2D eigenvalue weighted by Gasteiger charge is 2.20. The van der Waals surface area contributed by atoms with Gasteiger partial charge in [0.15, 0.2) is 0 Å². The normalized spacial score (nSPS) is 15.7. The Morgan fingerprint density at radius 2 is 1.67 bits per heavy atom. The predicted octanol–water partition coefficient (Wildman–Crippen LogP) is 2.03. The van der Waals surface area contributed by atoms with Crippen molar-refractivity contribution in [3.05, 3.63) is 29.8 Å². The summed E-state index contributed by atoms with van der Waals surface area (Å²) in [6.45, 7) is 4.37. The van der Waals surface area contributed by atoms with Crippen LogP contribution < -0.4 is 0 Å². The van der Waals surface area contributed by atoms with Gasteiger partial charge in [0.2, 0.25) is 11.8 Å². The Morgan fingerprint density at radius 1 is 1.05 bits per heavy atom. The van der Waals surface area contributed by atoms with Crippen LogP contribution in [0, 0.1) is 0 Å². The molecule has 1 fully saturated rings. The summed E-state index contributed by atoms with van der Waals surface area (Å²) in [7, 11) is 0. The zero-order valence-electron chi connectivity index (χ0n) is 12.7. The maximum Gasteiger partial charge on any atom is 0.227 e. The lowest BCUT2D eigenvalue weighted by molar-refractivity contribution is -0.132. The van der Waals surface area contributed by atoms with Gasteiger partial charge in [-0.3, -0.25) is 9.59 Å². The van der Waals surface area contributed by atoms with Crippen LogP contribution in [-0.4, -0.2) is 54.0 Å². The summed E-state index contributed by atoms with van der Waals surface area (Å²) in [4.78, 5) is 28.7. The standard InChI is InChI=1S/C16H22N2O2S/c1-13(19)17-8-3-9-18(11-10-17)16(20)12-14-4-6-15(21-2)7-5-14/h4-7H,3,8-12H2,1-2H3. The molecule has 0 spiro atoms. The summed E-state index contributed by atoms with van der Waals surface area (Å²) in [5, 5.41) is 0. The molecule has 0 radical (unpaired) electrons. The van der Waals surface area contributed by atoms with E-state index in [1.807, 2.05) is 40.3 Å². The van der Waals surface area contributed by atoms with E-state index in [1.54, 1.807) is 18.7 Å². The number of carbonyl (C=O) groups excluding carboxylic acids is 2. The summed E-state index contributed by atoms with van der Waals surface area (Å²) in [6, 6.07) is 8.13. The molecule has 1 aromatic rings. The van der Waals surface area contributed by atoms with E-state index in [0.717, 1.165) is 25.1 Å². The van der Waals surface area contributed by atoms with Crippen molar-refractivity contribution in [3.63, 3.8) is 0 Å². The molecule has 114 valence electrons. The van der Waals surface area contributed by atoms with Crippen molar-refractivity contribution in [2.75, 3.05) is 32.4 Å². The highest BCUT2D eigenvalue weighted by atomic mass is 32.2. The number of benzene rings is 1. The zero-order valence-corrected chi connectivity index (χ0v) is 13.5. The first-order valence-corrected chi connectivity index (χ1v) is 8.49. The lowest BCUT2D eigenvalue weighted by Crippen LogP contribution is -2.37. The van der Waals surface area contributed by atoms with Crippen LogP contribution in [0.3, 0.4) is 0 Å². The molecule has 1 saturated heterocycles. The van der Waals surface area contributed by atoms with Crippen LogP contribution in [0.15, 0.2) is 29.2 Å². The third-order valence-corrected chi connectivity index (χ3v) is 4.55. The molecule has 4 nitrogen and oxygen atoms in total. The fraction of sp³-hybridized carbons (Fsp3) is 0.500. The number of amides is 2. The first-order chi connectivity index (χ1) is 10.1. The summed E-state index contributed by atoms with van der Waals surface area (Å²) in [6.07, 6.45) is 3.34. The minimum atomic E-state index is 0.0944. The molecule has 0 bridgehead atoms. The summed E-state index contributed by atoms with van der Waals surface area (Å²) in [5.74, 6) is 0.245. The number of nitrogens with zero attached hydrogens (tertiary/aromatic N) is 2. The Labute approximate surface area is 130 Å². The van der Waals surface area contributed by atoms with Gasteiger partial charge in [-0.25, -0.2) is 0 Å². The number of rotatable bonds is 3. The van der Waals surface area contributed by atoms with Gasteiger partial charge in [-0.1, -0.05) is 12.1 Å². The van der Waals surface area contributed by atoms with E-state index >= 15 is 0 Å². The van der Waals surface area contributed by atoms with Crippen molar-refractivity contribution in [2.24, 2.45) is 0 Å². The number of thioether (sulfide) groups is 1. The quantitative estimate of drug-likeness (QED) is 0.802. The van der Waals surface area contributed by atoms with Crippen molar-refractivity contribution < 1.29 is 9.59 Å². The molecule has 0 N–H and O–H groups in total. The molecule has 2 rings (SSSR count). The van der Waals surface area contributed by atoms with E-state index < -0.39 is 0 Å². The van der Waals surface area contributed by atoms with Crippen LogP contribution in [-0.2, 0) is 16.0 Å². The van der Waals surface area contributed by atoms with E-state index in [1.165, 1.54) is 4.90 Å². The molecular weight excluding hydrogens is 284 g/mol. The average molecular weight is 306 g/mol. The predicted molar refractivity (Wildman–Crippen MR) is 85.4 cm³/mol. The maximum atomic E-state index is 12.4. The monoisotopic (exact) mass is 306 g/mol. The summed E-state index contributed by atoms with van der Waals surface area (Å²) < 4.78 is 0. The van der Waals surface area contributed by atoms with Crippen molar-refractivity contribution >= 4 is 23.6 Å². The Hall–Kier alpha value is -1.49. The van der Waals surface area contributed by atoms with Gasteiger partial charge in [-0.05, 0) is 30.4 Å². The molecule has 0 unspecified atom stereocenters. The van der Waals surface area contributed by atoms with Gasteiger partial charge in [-0.15, -0.1) is 11.8 Å². The van der Waals surface area contributed by atoms with Crippen LogP contribution >= 0.6 is 11.8 Å². The maximum absolute atomic E-state index is 12.4. The molecule has 0 atom stereocenters. The van der Waals surface area contributed by atoms with Crippen molar-refractivity contribution in [1.29, 1.82) is 0 Å². The van der Waals surface area contributed by atoms with Gasteiger partial charge in [0.1, 0.15) is 0 Å². The van der Waals surface area contributed by atoms with Crippen LogP contribution in [0.2, 0.25) is 0 Å². The molecule has 1 aliphatic rings. The highest BCUT2D eigenvalue weighted by molar-refractivity contribution is 7.98. The topological polar surface area (TPSA) is 40.6 Å². The fourth-order valence-corrected chi connectivity index (χ4v) is 2.92. The summed E-state index contributed by atoms with van der Waals surface area (Å²) in [5.41, 5.74) is 1.05. The minimum absolute atomic E-state index is 0.0944. The van der Waals surface area contributed by atoms with Gasteiger partial charge < -0.3 is 9.80 Å². The van der Waals surface area contributed by atoms with Gasteiger partial charge >= 0.3 is 0 Å². The molecule has 2 amide bonds. The van der Waals surface area contributed by atoms with Crippen molar-refractivity contribution in [1.82, 2.24) is 9.80 Å². The van der Waals surface area contributed by atoms with Crippen LogP contribution in [0.1, 0.15) is 18.9 Å². The van der Waals surface area contributed by atoms with Gasteiger partial charge in [0.25, 0.3) is 0 Å². The van der Waals surface area contributed by atoms with Crippen LogP contribution in [0.4, 0.5) is 0 Å². The van der Waals surface area contributed by atoms with Gasteiger partial charge in [0.05, 0.1) is 6.42 Å². The van der Waals surface area contributed by atoms with Gasteiger partial charge in [-0.2, -0.15) is 0 Å². The molecule has 0 saturated carbocycles. The largest absolute Gasteiger partial charge is 0.341 e. The third kappa shape index (κ3) is 4.49. The Kier molecular flexibility index (Phi) is 5.67. The molecule has 1 aromatic carbocycles. The second kappa shape index (κ2) is 7.50. The molecular formula is C16H22N2O2S. The van der Waals surface area contributed by atoms with Crippen LogP contribution in [0.5, 0.6) is 0 Å². The molecule has 5 heteroatoms. The Balaban J connectivity index is 1.91. The first-order valence-electron chi connectivity index (χ1n) is 7.26. The smallest absolute Gasteiger partial charge is 0.227 e. The van der Waals surface area contributed by atoms with E-state index in [2.05, 4.69) is 0 Å². The van der Waals surface area contributed by atoms with Crippen molar-refractivity contribution in [3.8, 4) is 0 Å². The Morgan fingerprint density at radius 3 is 2.29 bits per heavy atom. The van der Waals surface area contributed by atoms with E-state index in [-0.39, 0.29) is 11.8 Å². The number of carbonyl (C=O) groups is 2. The SMILES string of the molecule is CSc1ccc(CC(=O)N2CCCN(C(C)=O)CC2)cc1. The van der Waals surface area contributed by atoms with Gasteiger partial charge in [0, 0.05) is 38.0 Å². The van der Waals surface area contributed by atoms with Crippen LogP contribution in [0.25, 0.3) is 0 Å². The number of hydrogen-bond acceptors (Lipinski definition) is 3. The number of hydrogen-bond donors (Lipinski definition) is 0. The molecule has 1 heterocycles. The Bertz CT molecular complexity index is 502. The molecule has 0 aliphatic carbocycles. The summed E-state index contributed by atoms with van der Waals surface area (Å²) >= 11 is 1.70. The highest BCUT2D eigenvalue weighted by Crippen LogP contribution is 2.16. The lowest BCUT2D eigenvalue weighted by atomic mass is 10.1. The molecule has 0 aromatic heterocycles. The lowest BCUT2D eigenvalue weighted by Gasteiger charge is -2.21. The zero-order chi connectivity index (χ0) is 15.2. The second-order valence-corrected chi connectivity index (χ2v) is 6.14. The van der Waals surface area contributed by atoms with E-state index in [9.17, 15) is 9.59 Å². The van der Waals surface area contributed by atoms with Crippen molar-refractivity contribution in [2.45, 2.75) is 24.7 Å². The first kappa shape index (κ1) is 15.9. The van der Waals surface area contributed by atoms with E-state index in [4.69, 9.17) is 0 Å².